The summed E-state index contributed by atoms with van der Waals surface area (Å²) in [5, 5.41) is 7.14. The van der Waals surface area contributed by atoms with Crippen LogP contribution in [0.15, 0.2) is 42.7 Å². The molecule has 1 aliphatic carbocycles. The van der Waals surface area contributed by atoms with Crippen LogP contribution in [-0.4, -0.2) is 41.3 Å². The minimum Gasteiger partial charge on any atom is -0.492 e. The second kappa shape index (κ2) is 8.75. The molecule has 4 rings (SSSR count). The van der Waals surface area contributed by atoms with E-state index in [1.807, 2.05) is 41.2 Å². The van der Waals surface area contributed by atoms with Gasteiger partial charge in [-0.3, -0.25) is 9.48 Å². The maximum Gasteiger partial charge on any atom is 0.224 e. The fraction of sp³-hybridized carbons (Fsp3) is 0.524. The molecule has 1 saturated carbocycles. The summed E-state index contributed by atoms with van der Waals surface area (Å²) in [6.45, 7) is 2.57. The molecule has 7 heteroatoms. The Kier molecular flexibility index (Phi) is 5.92. The predicted molar refractivity (Wildman–Crippen MR) is 104 cm³/mol. The van der Waals surface area contributed by atoms with Gasteiger partial charge in [0, 0.05) is 43.4 Å². The molecule has 2 aromatic rings. The zero-order valence-corrected chi connectivity index (χ0v) is 16.0. The van der Waals surface area contributed by atoms with E-state index in [1.165, 1.54) is 0 Å². The van der Waals surface area contributed by atoms with Crippen LogP contribution in [0.3, 0.4) is 0 Å². The summed E-state index contributed by atoms with van der Waals surface area (Å²) < 4.78 is 19.1. The molecule has 7 nitrogen and oxygen atoms in total. The summed E-state index contributed by atoms with van der Waals surface area (Å²) in [5.74, 6) is 0.796. The normalized spacial score (nSPS) is 19.0. The van der Waals surface area contributed by atoms with Crippen LogP contribution in [0, 0.1) is 5.92 Å². The number of nitrogens with zero attached hydrogens (tertiary/aromatic N) is 2. The van der Waals surface area contributed by atoms with Gasteiger partial charge in [0.25, 0.3) is 0 Å². The van der Waals surface area contributed by atoms with Crippen LogP contribution in [0.1, 0.15) is 32.1 Å². The molecule has 150 valence electrons. The summed E-state index contributed by atoms with van der Waals surface area (Å²) in [6.07, 6.45) is 7.86. The summed E-state index contributed by atoms with van der Waals surface area (Å²) in [4.78, 5) is 12.4. The van der Waals surface area contributed by atoms with E-state index in [4.69, 9.17) is 14.2 Å². The number of nitrogens with one attached hydrogen (secondary N) is 1. The molecule has 2 heterocycles. The SMILES string of the molecule is O=C(CC1CCC2(CC1)OCCO2)Nc1cccc(OCCn2cccn2)c1. The van der Waals surface area contributed by atoms with E-state index in [-0.39, 0.29) is 11.7 Å². The molecule has 1 N–H and O–H groups in total. The Bertz CT molecular complexity index is 762. The van der Waals surface area contributed by atoms with E-state index in [0.717, 1.165) is 37.1 Å². The Morgan fingerprint density at radius 1 is 1.25 bits per heavy atom. The van der Waals surface area contributed by atoms with Crippen LogP contribution in [0.5, 0.6) is 5.75 Å². The van der Waals surface area contributed by atoms with Crippen LogP contribution in [-0.2, 0) is 20.8 Å². The molecule has 1 aromatic carbocycles. The van der Waals surface area contributed by atoms with Crippen molar-refractivity contribution in [3.05, 3.63) is 42.7 Å². The molecule has 1 amide bonds. The maximum atomic E-state index is 12.4. The summed E-state index contributed by atoms with van der Waals surface area (Å²) >= 11 is 0. The second-order valence-corrected chi connectivity index (χ2v) is 7.45. The lowest BCUT2D eigenvalue weighted by atomic mass is 9.83. The van der Waals surface area contributed by atoms with Gasteiger partial charge in [0.15, 0.2) is 5.79 Å². The Balaban J connectivity index is 1.22. The molecule has 0 radical (unpaired) electrons. The standard InChI is InChI=1S/C21H27N3O4/c25-20(15-17-5-7-21(8-6-17)27-13-14-28-21)23-18-3-1-4-19(16-18)26-12-11-24-10-2-9-22-24/h1-4,9-10,16-17H,5-8,11-15H2,(H,23,25). The van der Waals surface area contributed by atoms with Gasteiger partial charge in [0.05, 0.1) is 19.8 Å². The number of aromatic nitrogens is 2. The second-order valence-electron chi connectivity index (χ2n) is 7.45. The first-order chi connectivity index (χ1) is 13.7. The summed E-state index contributed by atoms with van der Waals surface area (Å²) in [5.41, 5.74) is 0.760. The molecular weight excluding hydrogens is 358 g/mol. The fourth-order valence-corrected chi connectivity index (χ4v) is 3.93. The van der Waals surface area contributed by atoms with Gasteiger partial charge in [-0.2, -0.15) is 5.10 Å². The largest absolute Gasteiger partial charge is 0.492 e. The molecule has 28 heavy (non-hydrogen) atoms. The predicted octanol–water partition coefficient (Wildman–Crippen LogP) is 3.22. The topological polar surface area (TPSA) is 74.6 Å². The van der Waals surface area contributed by atoms with Crippen molar-refractivity contribution in [3.63, 3.8) is 0 Å². The molecule has 1 aromatic heterocycles. The van der Waals surface area contributed by atoms with E-state index in [0.29, 0.717) is 38.7 Å². The highest BCUT2D eigenvalue weighted by atomic mass is 16.7. The highest BCUT2D eigenvalue weighted by molar-refractivity contribution is 5.91. The Morgan fingerprint density at radius 3 is 2.82 bits per heavy atom. The molecule has 1 saturated heterocycles. The minimum atomic E-state index is -0.366. The highest BCUT2D eigenvalue weighted by Gasteiger charge is 2.40. The first-order valence-corrected chi connectivity index (χ1v) is 9.99. The number of amides is 1. The van der Waals surface area contributed by atoms with Gasteiger partial charge in [-0.15, -0.1) is 0 Å². The van der Waals surface area contributed by atoms with Crippen molar-refractivity contribution < 1.29 is 19.0 Å². The number of hydrogen-bond acceptors (Lipinski definition) is 5. The van der Waals surface area contributed by atoms with Gasteiger partial charge in [-0.25, -0.2) is 0 Å². The van der Waals surface area contributed by atoms with Crippen molar-refractivity contribution in [1.29, 1.82) is 0 Å². The fourth-order valence-electron chi connectivity index (χ4n) is 3.93. The number of ether oxygens (including phenoxy) is 3. The summed E-state index contributed by atoms with van der Waals surface area (Å²) in [6, 6.07) is 9.40. The third-order valence-corrected chi connectivity index (χ3v) is 5.42. The average molecular weight is 385 g/mol. The first kappa shape index (κ1) is 19.0. The van der Waals surface area contributed by atoms with Gasteiger partial charge in [-0.05, 0) is 37.0 Å². The number of carbonyl (C=O) groups is 1. The number of anilines is 1. The van der Waals surface area contributed by atoms with Crippen LogP contribution in [0.2, 0.25) is 0 Å². The molecular formula is C21H27N3O4. The minimum absolute atomic E-state index is 0.0444. The Labute approximate surface area is 165 Å². The monoisotopic (exact) mass is 385 g/mol. The van der Waals surface area contributed by atoms with E-state index < -0.39 is 0 Å². The van der Waals surface area contributed by atoms with E-state index in [1.54, 1.807) is 6.20 Å². The van der Waals surface area contributed by atoms with Crippen molar-refractivity contribution in [2.45, 2.75) is 44.4 Å². The maximum absolute atomic E-state index is 12.4. The van der Waals surface area contributed by atoms with Crippen molar-refractivity contribution in [2.24, 2.45) is 5.92 Å². The van der Waals surface area contributed by atoms with E-state index >= 15 is 0 Å². The Morgan fingerprint density at radius 2 is 2.07 bits per heavy atom. The van der Waals surface area contributed by atoms with Crippen LogP contribution in [0.4, 0.5) is 5.69 Å². The lowest BCUT2D eigenvalue weighted by Crippen LogP contribution is -2.36. The van der Waals surface area contributed by atoms with Crippen molar-refractivity contribution in [3.8, 4) is 5.75 Å². The highest BCUT2D eigenvalue weighted by Crippen LogP contribution is 2.39. The van der Waals surface area contributed by atoms with Crippen molar-refractivity contribution in [2.75, 3.05) is 25.1 Å². The Hall–Kier alpha value is -2.38. The van der Waals surface area contributed by atoms with Crippen LogP contribution in [0.25, 0.3) is 0 Å². The van der Waals surface area contributed by atoms with Gasteiger partial charge >= 0.3 is 0 Å². The third kappa shape index (κ3) is 4.91. The molecule has 1 spiro atoms. The van der Waals surface area contributed by atoms with Gasteiger partial charge in [0.2, 0.25) is 5.91 Å². The van der Waals surface area contributed by atoms with Crippen LogP contribution < -0.4 is 10.1 Å². The molecule has 0 unspecified atom stereocenters. The number of carbonyl (C=O) groups excluding carboxylic acids is 1. The van der Waals surface area contributed by atoms with Crippen molar-refractivity contribution >= 4 is 11.6 Å². The molecule has 2 aliphatic rings. The lowest BCUT2D eigenvalue weighted by Gasteiger charge is -2.35. The zero-order valence-electron chi connectivity index (χ0n) is 16.0. The molecule has 0 bridgehead atoms. The van der Waals surface area contributed by atoms with E-state index in [2.05, 4.69) is 10.4 Å². The average Bonchev–Trinajstić information content (AvgIpc) is 3.37. The van der Waals surface area contributed by atoms with Gasteiger partial charge < -0.3 is 19.5 Å². The van der Waals surface area contributed by atoms with E-state index in [9.17, 15) is 4.79 Å². The summed E-state index contributed by atoms with van der Waals surface area (Å²) in [7, 11) is 0. The number of benzene rings is 1. The van der Waals surface area contributed by atoms with Gasteiger partial charge in [0.1, 0.15) is 12.4 Å². The first-order valence-electron chi connectivity index (χ1n) is 9.99. The van der Waals surface area contributed by atoms with Crippen LogP contribution >= 0.6 is 0 Å². The van der Waals surface area contributed by atoms with Gasteiger partial charge in [-0.1, -0.05) is 6.07 Å². The third-order valence-electron chi connectivity index (χ3n) is 5.42. The quantitative estimate of drug-likeness (QED) is 0.792. The molecule has 1 aliphatic heterocycles. The molecule has 0 atom stereocenters. The zero-order chi connectivity index (χ0) is 19.2. The van der Waals surface area contributed by atoms with Crippen molar-refractivity contribution in [1.82, 2.24) is 9.78 Å². The smallest absolute Gasteiger partial charge is 0.224 e. The number of rotatable bonds is 7. The molecule has 2 fully saturated rings. The number of hydrogen-bond donors (Lipinski definition) is 1. The lowest BCUT2D eigenvalue weighted by molar-refractivity contribution is -0.183.